The summed E-state index contributed by atoms with van der Waals surface area (Å²) in [4.78, 5) is 39.2. The Hall–Kier alpha value is -4.08. The third kappa shape index (κ3) is 4.98. The Morgan fingerprint density at radius 2 is 1.56 bits per heavy atom. The number of hydrogen-bond donors (Lipinski definition) is 0. The molecule has 0 atom stereocenters. The summed E-state index contributed by atoms with van der Waals surface area (Å²) in [6.45, 7) is 4.07. The number of aromatic nitrogens is 2. The van der Waals surface area contributed by atoms with Crippen molar-refractivity contribution in [2.75, 3.05) is 59.0 Å². The first-order valence-electron chi connectivity index (χ1n) is 11.8. The molecule has 0 aliphatic carbocycles. The van der Waals surface area contributed by atoms with Crippen molar-refractivity contribution in [3.05, 3.63) is 47.7 Å². The van der Waals surface area contributed by atoms with Crippen LogP contribution >= 0.6 is 0 Å². The highest BCUT2D eigenvalue weighted by Gasteiger charge is 2.27. The number of ether oxygens (including phenoxy) is 4. The average molecular weight is 495 g/mol. The van der Waals surface area contributed by atoms with Gasteiger partial charge in [-0.05, 0) is 37.6 Å². The number of amides is 1. The molecule has 0 spiro atoms. The van der Waals surface area contributed by atoms with Crippen LogP contribution in [0.2, 0.25) is 0 Å². The van der Waals surface area contributed by atoms with E-state index >= 15 is 0 Å². The molecule has 36 heavy (non-hydrogen) atoms. The van der Waals surface area contributed by atoms with Gasteiger partial charge in [0.2, 0.25) is 5.75 Å². The summed E-state index contributed by atoms with van der Waals surface area (Å²) < 4.78 is 21.4. The molecule has 0 bridgehead atoms. The number of fused-ring (bicyclic) bond motifs is 1. The molecule has 1 saturated heterocycles. The fraction of sp³-hybridized carbons (Fsp3) is 0.385. The highest BCUT2D eigenvalue weighted by molar-refractivity contribution is 5.96. The molecule has 10 heteroatoms. The molecular weight excluding hydrogens is 464 g/mol. The second-order valence-electron chi connectivity index (χ2n) is 8.15. The monoisotopic (exact) mass is 494 g/mol. The third-order valence-corrected chi connectivity index (χ3v) is 6.02. The lowest BCUT2D eigenvalue weighted by molar-refractivity contribution is 0.0520. The molecular formula is C26H30N4O6. The lowest BCUT2D eigenvalue weighted by Crippen LogP contribution is -2.36. The minimum atomic E-state index is -0.514. The number of nitrogens with zero attached hydrogens (tertiary/aromatic N) is 4. The zero-order valence-electron chi connectivity index (χ0n) is 20.9. The van der Waals surface area contributed by atoms with Gasteiger partial charge < -0.3 is 28.7 Å². The predicted octanol–water partition coefficient (Wildman–Crippen LogP) is 3.18. The summed E-state index contributed by atoms with van der Waals surface area (Å²) in [5, 5.41) is 0. The highest BCUT2D eigenvalue weighted by Crippen LogP contribution is 2.38. The number of methoxy groups -OCH3 is 3. The topological polar surface area (TPSA) is 103 Å². The molecule has 0 saturated carbocycles. The minimum absolute atomic E-state index is 0.147. The Bertz CT molecular complexity index is 1240. The quantitative estimate of drug-likeness (QED) is 0.458. The van der Waals surface area contributed by atoms with Gasteiger partial charge >= 0.3 is 5.97 Å². The van der Waals surface area contributed by atoms with Gasteiger partial charge in [0.25, 0.3) is 5.91 Å². The smallest absolute Gasteiger partial charge is 0.360 e. The van der Waals surface area contributed by atoms with E-state index in [9.17, 15) is 9.59 Å². The van der Waals surface area contributed by atoms with Gasteiger partial charge in [-0.2, -0.15) is 0 Å². The molecule has 190 valence electrons. The van der Waals surface area contributed by atoms with E-state index in [1.807, 2.05) is 29.2 Å². The molecule has 0 unspecified atom stereocenters. The van der Waals surface area contributed by atoms with Crippen LogP contribution < -0.4 is 19.1 Å². The number of para-hydroxylation sites is 2. The Kier molecular flexibility index (Phi) is 7.72. The molecule has 1 aliphatic rings. The van der Waals surface area contributed by atoms with Crippen molar-refractivity contribution in [3.8, 4) is 17.2 Å². The van der Waals surface area contributed by atoms with E-state index in [2.05, 4.69) is 4.98 Å². The van der Waals surface area contributed by atoms with Crippen molar-refractivity contribution in [2.24, 2.45) is 0 Å². The van der Waals surface area contributed by atoms with Crippen LogP contribution in [0.5, 0.6) is 17.2 Å². The van der Waals surface area contributed by atoms with Crippen molar-refractivity contribution in [1.82, 2.24) is 14.9 Å². The largest absolute Gasteiger partial charge is 0.493 e. The van der Waals surface area contributed by atoms with Crippen LogP contribution in [0.15, 0.2) is 36.4 Å². The van der Waals surface area contributed by atoms with E-state index in [1.54, 1.807) is 24.0 Å². The van der Waals surface area contributed by atoms with Gasteiger partial charge in [0, 0.05) is 31.7 Å². The van der Waals surface area contributed by atoms with Crippen molar-refractivity contribution in [1.29, 1.82) is 0 Å². The Morgan fingerprint density at radius 1 is 0.889 bits per heavy atom. The fourth-order valence-corrected chi connectivity index (χ4v) is 4.27. The maximum atomic E-state index is 13.4. The Labute approximate surface area is 209 Å². The lowest BCUT2D eigenvalue weighted by Gasteiger charge is -2.24. The Morgan fingerprint density at radius 3 is 2.17 bits per heavy atom. The SMILES string of the molecule is CCOC(=O)c1nc2ccccc2nc1N1CCCN(C(=O)c2cc(OC)c(OC)c(OC)c2)CC1. The first kappa shape index (κ1) is 25.0. The van der Waals surface area contributed by atoms with Gasteiger partial charge in [0.05, 0.1) is 39.0 Å². The summed E-state index contributed by atoms with van der Waals surface area (Å²) in [6, 6.07) is 10.7. The fourth-order valence-electron chi connectivity index (χ4n) is 4.27. The summed E-state index contributed by atoms with van der Waals surface area (Å²) in [5.41, 5.74) is 1.93. The van der Waals surface area contributed by atoms with Crippen LogP contribution in [0.1, 0.15) is 34.2 Å². The number of rotatable bonds is 7. The molecule has 1 fully saturated rings. The molecule has 1 amide bonds. The normalized spacial score (nSPS) is 13.8. The molecule has 4 rings (SSSR count). The van der Waals surface area contributed by atoms with Gasteiger partial charge in [0.15, 0.2) is 23.0 Å². The lowest BCUT2D eigenvalue weighted by atomic mass is 10.1. The second kappa shape index (κ2) is 11.1. The Balaban J connectivity index is 1.60. The molecule has 10 nitrogen and oxygen atoms in total. The van der Waals surface area contributed by atoms with Crippen LogP contribution in [0.25, 0.3) is 11.0 Å². The number of esters is 1. The summed E-state index contributed by atoms with van der Waals surface area (Å²) in [6.07, 6.45) is 0.687. The van der Waals surface area contributed by atoms with E-state index in [1.165, 1.54) is 21.3 Å². The molecule has 2 heterocycles. The minimum Gasteiger partial charge on any atom is -0.493 e. The van der Waals surface area contributed by atoms with Gasteiger partial charge in [-0.25, -0.2) is 14.8 Å². The van der Waals surface area contributed by atoms with Crippen LogP contribution in [0, 0.1) is 0 Å². The highest BCUT2D eigenvalue weighted by atomic mass is 16.5. The molecule has 3 aromatic rings. The van der Waals surface area contributed by atoms with Gasteiger partial charge in [0.1, 0.15) is 0 Å². The van der Waals surface area contributed by atoms with Crippen molar-refractivity contribution >= 4 is 28.7 Å². The molecule has 0 radical (unpaired) electrons. The van der Waals surface area contributed by atoms with Crippen LogP contribution in [0.4, 0.5) is 5.82 Å². The third-order valence-electron chi connectivity index (χ3n) is 6.02. The molecule has 1 aliphatic heterocycles. The van der Waals surface area contributed by atoms with Gasteiger partial charge in [-0.15, -0.1) is 0 Å². The van der Waals surface area contributed by atoms with Crippen molar-refractivity contribution in [2.45, 2.75) is 13.3 Å². The van der Waals surface area contributed by atoms with Crippen LogP contribution in [-0.4, -0.2) is 80.9 Å². The number of hydrogen-bond acceptors (Lipinski definition) is 9. The number of benzene rings is 2. The van der Waals surface area contributed by atoms with Crippen LogP contribution in [-0.2, 0) is 4.74 Å². The van der Waals surface area contributed by atoms with Crippen molar-refractivity contribution < 1.29 is 28.5 Å². The maximum Gasteiger partial charge on any atom is 0.360 e. The van der Waals surface area contributed by atoms with E-state index in [0.717, 1.165) is 0 Å². The number of anilines is 1. The van der Waals surface area contributed by atoms with E-state index in [0.29, 0.717) is 72.3 Å². The van der Waals surface area contributed by atoms with Gasteiger partial charge in [-0.1, -0.05) is 12.1 Å². The second-order valence-corrected chi connectivity index (χ2v) is 8.15. The first-order chi connectivity index (χ1) is 17.5. The van der Waals surface area contributed by atoms with Gasteiger partial charge in [-0.3, -0.25) is 4.79 Å². The molecule has 2 aromatic carbocycles. The zero-order chi connectivity index (χ0) is 25.7. The van der Waals surface area contributed by atoms with E-state index in [-0.39, 0.29) is 18.2 Å². The number of carbonyl (C=O) groups is 2. The maximum absolute atomic E-state index is 13.4. The molecule has 0 N–H and O–H groups in total. The van der Waals surface area contributed by atoms with Crippen molar-refractivity contribution in [3.63, 3.8) is 0 Å². The van der Waals surface area contributed by atoms with E-state index < -0.39 is 5.97 Å². The first-order valence-corrected chi connectivity index (χ1v) is 11.8. The summed E-state index contributed by atoms with van der Waals surface area (Å²) >= 11 is 0. The average Bonchev–Trinajstić information content (AvgIpc) is 3.17. The summed E-state index contributed by atoms with van der Waals surface area (Å²) in [5.74, 6) is 1.07. The predicted molar refractivity (Wildman–Crippen MR) is 134 cm³/mol. The molecule has 1 aromatic heterocycles. The summed E-state index contributed by atoms with van der Waals surface area (Å²) in [7, 11) is 4.55. The standard InChI is InChI=1S/C26H30N4O6/c1-5-36-26(32)22-24(28-19-10-7-6-9-18(19)27-22)29-11-8-12-30(14-13-29)25(31)17-15-20(33-2)23(35-4)21(16-17)34-3/h6-7,9-10,15-16H,5,8,11-14H2,1-4H3. The van der Waals surface area contributed by atoms with E-state index in [4.69, 9.17) is 23.9 Å². The number of carbonyl (C=O) groups excluding carboxylic acids is 2. The zero-order valence-corrected chi connectivity index (χ0v) is 20.9. The van der Waals surface area contributed by atoms with Crippen LogP contribution in [0.3, 0.4) is 0 Å².